The second-order valence-electron chi connectivity index (χ2n) is 2.79. The zero-order valence-electron chi connectivity index (χ0n) is 8.63. The van der Waals surface area contributed by atoms with Crippen LogP contribution < -0.4 is 4.74 Å². The smallest absolute Gasteiger partial charge is 0.119 e. The molecule has 1 rings (SSSR count). The maximum atomic E-state index is 8.56. The third-order valence-corrected chi connectivity index (χ3v) is 1.66. The van der Waals surface area contributed by atoms with Gasteiger partial charge in [0.1, 0.15) is 12.4 Å². The lowest BCUT2D eigenvalue weighted by Gasteiger charge is -2.02. The summed E-state index contributed by atoms with van der Waals surface area (Å²) in [5, 5.41) is 11.9. The lowest BCUT2D eigenvalue weighted by atomic mass is 10.2. The molecule has 0 saturated carbocycles. The molecule has 82 valence electrons. The summed E-state index contributed by atoms with van der Waals surface area (Å²) in [5.74, 6) is 6.25. The molecule has 0 heterocycles. The number of nitrogens with zero attached hydrogens (tertiary/aromatic N) is 3. The first-order valence-electron chi connectivity index (χ1n) is 4.70. The predicted octanol–water partition coefficient (Wildman–Crippen LogP) is 1.72. The van der Waals surface area contributed by atoms with Gasteiger partial charge in [-0.1, -0.05) is 17.0 Å². The number of hydrogen-bond acceptors (Lipinski definition) is 3. The molecule has 0 radical (unpaired) electrons. The monoisotopic (exact) mass is 217 g/mol. The van der Waals surface area contributed by atoms with Gasteiger partial charge in [0, 0.05) is 10.5 Å². The molecule has 0 aliphatic heterocycles. The van der Waals surface area contributed by atoms with E-state index in [-0.39, 0.29) is 19.8 Å². The number of aliphatic hydroxyl groups is 1. The second-order valence-corrected chi connectivity index (χ2v) is 2.79. The fourth-order valence-electron chi connectivity index (χ4n) is 1.01. The summed E-state index contributed by atoms with van der Waals surface area (Å²) < 4.78 is 5.19. The van der Waals surface area contributed by atoms with Crippen molar-refractivity contribution >= 4 is 0 Å². The molecular formula is C11H11N3O2. The minimum atomic E-state index is -0.00623. The van der Waals surface area contributed by atoms with Crippen molar-refractivity contribution in [2.24, 2.45) is 5.11 Å². The van der Waals surface area contributed by atoms with Crippen molar-refractivity contribution < 1.29 is 9.84 Å². The van der Waals surface area contributed by atoms with Crippen LogP contribution in [0.4, 0.5) is 0 Å². The van der Waals surface area contributed by atoms with Crippen LogP contribution in [0.3, 0.4) is 0 Å². The molecule has 0 bridgehead atoms. The first kappa shape index (κ1) is 11.9. The highest BCUT2D eigenvalue weighted by Gasteiger charge is 1.92. The van der Waals surface area contributed by atoms with E-state index in [4.69, 9.17) is 15.4 Å². The zero-order chi connectivity index (χ0) is 11.6. The van der Waals surface area contributed by atoms with Gasteiger partial charge >= 0.3 is 0 Å². The Balaban J connectivity index is 2.55. The third-order valence-electron chi connectivity index (χ3n) is 1.66. The quantitative estimate of drug-likeness (QED) is 0.360. The van der Waals surface area contributed by atoms with E-state index in [1.807, 2.05) is 0 Å². The van der Waals surface area contributed by atoms with E-state index in [2.05, 4.69) is 21.9 Å². The third kappa shape index (κ3) is 4.38. The first-order chi connectivity index (χ1) is 7.86. The van der Waals surface area contributed by atoms with E-state index < -0.39 is 0 Å². The Kier molecular flexibility index (Phi) is 5.35. The Bertz CT molecular complexity index is 425. The Hall–Kier alpha value is -2.15. The molecule has 1 aromatic carbocycles. The van der Waals surface area contributed by atoms with Gasteiger partial charge in [-0.05, 0) is 29.8 Å². The van der Waals surface area contributed by atoms with Crippen molar-refractivity contribution in [3.8, 4) is 17.6 Å². The average Bonchev–Trinajstić information content (AvgIpc) is 2.33. The summed E-state index contributed by atoms with van der Waals surface area (Å²) in [6.07, 6.45) is 0. The molecule has 0 amide bonds. The van der Waals surface area contributed by atoms with Crippen LogP contribution in [0.1, 0.15) is 5.56 Å². The van der Waals surface area contributed by atoms with Crippen molar-refractivity contribution in [3.05, 3.63) is 40.3 Å². The number of azide groups is 1. The van der Waals surface area contributed by atoms with Crippen molar-refractivity contribution in [1.82, 2.24) is 0 Å². The molecule has 16 heavy (non-hydrogen) atoms. The summed E-state index contributed by atoms with van der Waals surface area (Å²) in [6, 6.07) is 7.14. The Morgan fingerprint density at radius 3 is 2.75 bits per heavy atom. The largest absolute Gasteiger partial charge is 0.491 e. The molecule has 0 spiro atoms. The van der Waals surface area contributed by atoms with Crippen LogP contribution in [0.5, 0.6) is 5.75 Å². The van der Waals surface area contributed by atoms with E-state index in [1.54, 1.807) is 24.3 Å². The summed E-state index contributed by atoms with van der Waals surface area (Å²) in [5.41, 5.74) is 8.86. The molecule has 0 saturated heterocycles. The second kappa shape index (κ2) is 7.18. The Labute approximate surface area is 93.3 Å². The number of rotatable bonds is 4. The highest BCUT2D eigenvalue weighted by atomic mass is 16.5. The molecule has 0 fully saturated rings. The molecule has 0 unspecified atom stereocenters. The molecular weight excluding hydrogens is 206 g/mol. The number of ether oxygens (including phenoxy) is 1. The number of benzene rings is 1. The average molecular weight is 217 g/mol. The Morgan fingerprint density at radius 2 is 2.12 bits per heavy atom. The van der Waals surface area contributed by atoms with Gasteiger partial charge in [-0.15, -0.1) is 0 Å². The van der Waals surface area contributed by atoms with Crippen LogP contribution in [0.15, 0.2) is 29.4 Å². The molecule has 0 aliphatic carbocycles. The van der Waals surface area contributed by atoms with Crippen LogP contribution in [0.2, 0.25) is 0 Å². The molecule has 0 aromatic heterocycles. The molecule has 1 aromatic rings. The minimum Gasteiger partial charge on any atom is -0.491 e. The van der Waals surface area contributed by atoms with E-state index in [9.17, 15) is 0 Å². The van der Waals surface area contributed by atoms with E-state index >= 15 is 0 Å². The van der Waals surface area contributed by atoms with Gasteiger partial charge in [0.25, 0.3) is 0 Å². The predicted molar refractivity (Wildman–Crippen MR) is 59.9 cm³/mol. The first-order valence-corrected chi connectivity index (χ1v) is 4.70. The van der Waals surface area contributed by atoms with Crippen molar-refractivity contribution in [3.63, 3.8) is 0 Å². The standard InChI is InChI=1S/C11H11N3O2/c12-14-13-7-1-2-10-3-5-11(6-4-10)16-9-8-15/h3-6,15H,7-9H2. The van der Waals surface area contributed by atoms with Crippen molar-refractivity contribution in [1.29, 1.82) is 0 Å². The van der Waals surface area contributed by atoms with Crippen LogP contribution >= 0.6 is 0 Å². The topological polar surface area (TPSA) is 78.2 Å². The minimum absolute atomic E-state index is 0.00623. The van der Waals surface area contributed by atoms with E-state index in [1.165, 1.54) is 0 Å². The van der Waals surface area contributed by atoms with Gasteiger partial charge in [-0.2, -0.15) is 0 Å². The maximum absolute atomic E-state index is 8.56. The van der Waals surface area contributed by atoms with Gasteiger partial charge in [0.2, 0.25) is 0 Å². The fraction of sp³-hybridized carbons (Fsp3) is 0.273. The van der Waals surface area contributed by atoms with Crippen molar-refractivity contribution in [2.45, 2.75) is 0 Å². The van der Waals surface area contributed by atoms with Gasteiger partial charge in [-0.25, -0.2) is 0 Å². The summed E-state index contributed by atoms with van der Waals surface area (Å²) >= 11 is 0. The Morgan fingerprint density at radius 1 is 1.38 bits per heavy atom. The maximum Gasteiger partial charge on any atom is 0.119 e. The van der Waals surface area contributed by atoms with E-state index in [0.717, 1.165) is 5.56 Å². The summed E-state index contributed by atoms with van der Waals surface area (Å²) in [4.78, 5) is 2.59. The zero-order valence-corrected chi connectivity index (χ0v) is 8.63. The van der Waals surface area contributed by atoms with Gasteiger partial charge in [0.05, 0.1) is 13.2 Å². The summed E-state index contributed by atoms with van der Waals surface area (Å²) in [7, 11) is 0. The highest BCUT2D eigenvalue weighted by Crippen LogP contribution is 2.10. The number of hydrogen-bond donors (Lipinski definition) is 1. The molecule has 1 N–H and O–H groups in total. The van der Waals surface area contributed by atoms with Gasteiger partial charge < -0.3 is 9.84 Å². The SMILES string of the molecule is [N-]=[N+]=NCC#Cc1ccc(OCCO)cc1. The lowest BCUT2D eigenvalue weighted by molar-refractivity contribution is 0.201. The van der Waals surface area contributed by atoms with Crippen LogP contribution in [0, 0.1) is 11.8 Å². The van der Waals surface area contributed by atoms with Gasteiger partial charge in [-0.3, -0.25) is 0 Å². The van der Waals surface area contributed by atoms with E-state index in [0.29, 0.717) is 5.75 Å². The van der Waals surface area contributed by atoms with Crippen LogP contribution in [-0.2, 0) is 0 Å². The van der Waals surface area contributed by atoms with Crippen LogP contribution in [-0.4, -0.2) is 24.9 Å². The molecule has 0 atom stereocenters. The normalized spacial score (nSPS) is 8.56. The summed E-state index contributed by atoms with van der Waals surface area (Å²) in [6.45, 7) is 0.439. The van der Waals surface area contributed by atoms with Crippen LogP contribution in [0.25, 0.3) is 10.4 Å². The number of aliphatic hydroxyl groups excluding tert-OH is 1. The molecule has 5 nitrogen and oxygen atoms in total. The fourth-order valence-corrected chi connectivity index (χ4v) is 1.01. The highest BCUT2D eigenvalue weighted by molar-refractivity contribution is 5.38. The molecule has 5 heteroatoms. The lowest BCUT2D eigenvalue weighted by Crippen LogP contribution is -2.01. The molecule has 0 aliphatic rings. The van der Waals surface area contributed by atoms with Crippen molar-refractivity contribution in [2.75, 3.05) is 19.8 Å². The van der Waals surface area contributed by atoms with Gasteiger partial charge in [0.15, 0.2) is 0 Å².